The van der Waals surface area contributed by atoms with E-state index in [-0.39, 0.29) is 19.3 Å². The molecule has 0 saturated heterocycles. The van der Waals surface area contributed by atoms with Gasteiger partial charge in [0.25, 0.3) is 5.91 Å². The Hall–Kier alpha value is -3.26. The molecule has 0 aliphatic rings. The highest BCUT2D eigenvalue weighted by molar-refractivity contribution is 5.95. The zero-order chi connectivity index (χ0) is 22.9. The number of fused-ring (bicyclic) bond motifs is 1. The fraction of sp³-hybridized carbons (Fsp3) is 0.280. The lowest BCUT2D eigenvalue weighted by atomic mass is 9.99. The minimum Gasteiger partial charge on any atom is -0.359 e. The number of hydroxylamine groups is 1. The van der Waals surface area contributed by atoms with Gasteiger partial charge in [0.2, 0.25) is 5.91 Å². The van der Waals surface area contributed by atoms with E-state index in [1.165, 1.54) is 12.5 Å². The highest BCUT2D eigenvalue weighted by Gasteiger charge is 2.21. The number of benzene rings is 3. The van der Waals surface area contributed by atoms with Crippen molar-refractivity contribution in [2.24, 2.45) is 5.92 Å². The smallest absolute Gasteiger partial charge is 0.251 e. The second-order valence-electron chi connectivity index (χ2n) is 7.70. The van der Waals surface area contributed by atoms with Crippen molar-refractivity contribution in [2.75, 3.05) is 20.5 Å². The van der Waals surface area contributed by atoms with E-state index in [0.29, 0.717) is 12.0 Å². The van der Waals surface area contributed by atoms with Crippen LogP contribution in [0.4, 0.5) is 0 Å². The molecule has 3 aromatic carbocycles. The van der Waals surface area contributed by atoms with Gasteiger partial charge in [0.05, 0.1) is 12.6 Å². The van der Waals surface area contributed by atoms with Crippen LogP contribution < -0.4 is 10.8 Å². The average molecular weight is 437 g/mol. The number of ether oxygens (including phenoxy) is 2. The number of rotatable bonds is 10. The van der Waals surface area contributed by atoms with Gasteiger partial charge in [-0.1, -0.05) is 55.5 Å². The number of hydrogen-bond acceptors (Lipinski definition) is 5. The fourth-order valence-electron chi connectivity index (χ4n) is 3.54. The van der Waals surface area contributed by atoms with E-state index < -0.39 is 17.9 Å². The van der Waals surface area contributed by atoms with Crippen LogP contribution in [0.1, 0.15) is 23.7 Å². The molecule has 7 nitrogen and oxygen atoms in total. The predicted octanol–water partition coefficient (Wildman–Crippen LogP) is 3.76. The maximum absolute atomic E-state index is 12.8. The van der Waals surface area contributed by atoms with Crippen molar-refractivity contribution in [3.63, 3.8) is 0 Å². The molecule has 3 aromatic rings. The first-order chi connectivity index (χ1) is 15.5. The molecule has 2 atom stereocenters. The Bertz CT molecular complexity index is 1050. The molecule has 32 heavy (non-hydrogen) atoms. The summed E-state index contributed by atoms with van der Waals surface area (Å²) in [6.45, 7) is 1.92. The molecule has 168 valence electrons. The zero-order valence-electron chi connectivity index (χ0n) is 18.2. The second-order valence-corrected chi connectivity index (χ2v) is 7.70. The highest BCUT2D eigenvalue weighted by atomic mass is 16.7. The molecule has 3 rings (SSSR count). The van der Waals surface area contributed by atoms with Crippen molar-refractivity contribution in [3.05, 3.63) is 72.3 Å². The van der Waals surface area contributed by atoms with Crippen LogP contribution in [0.5, 0.6) is 0 Å². The van der Waals surface area contributed by atoms with E-state index in [4.69, 9.17) is 14.7 Å². The van der Waals surface area contributed by atoms with E-state index in [1.807, 2.05) is 24.3 Å². The van der Waals surface area contributed by atoms with Crippen LogP contribution in [-0.4, -0.2) is 43.6 Å². The lowest BCUT2D eigenvalue weighted by Crippen LogP contribution is -2.41. The zero-order valence-corrected chi connectivity index (χ0v) is 18.2. The molecule has 0 spiro atoms. The minimum absolute atomic E-state index is 0.0768. The van der Waals surface area contributed by atoms with Crippen LogP contribution in [0, 0.1) is 5.92 Å². The van der Waals surface area contributed by atoms with Gasteiger partial charge in [0.1, 0.15) is 6.79 Å². The number of methoxy groups -OCH3 is 1. The molecule has 0 saturated carbocycles. The standard InChI is InChI=1S/C25H28N2O5/c1-17(24(28)27-30)13-23(15-32-16-31-2)26-25(29)20-10-7-19(8-11-20)22-12-9-18-5-3-4-6-21(18)14-22/h3-12,14,17,23,30H,13,15-16H2,1-2H3,(H,26,29)(H,27,28). The molecule has 0 aliphatic heterocycles. The van der Waals surface area contributed by atoms with Crippen LogP contribution in [0.2, 0.25) is 0 Å². The maximum atomic E-state index is 12.8. The van der Waals surface area contributed by atoms with Gasteiger partial charge in [-0.3, -0.25) is 14.8 Å². The van der Waals surface area contributed by atoms with Gasteiger partial charge in [0, 0.05) is 18.6 Å². The van der Waals surface area contributed by atoms with Crippen molar-refractivity contribution in [3.8, 4) is 11.1 Å². The van der Waals surface area contributed by atoms with Crippen LogP contribution >= 0.6 is 0 Å². The molecule has 0 bridgehead atoms. The molecule has 7 heteroatoms. The number of amides is 2. The Morgan fingerprint density at radius 3 is 2.34 bits per heavy atom. The van der Waals surface area contributed by atoms with Crippen LogP contribution in [-0.2, 0) is 14.3 Å². The number of hydrogen-bond donors (Lipinski definition) is 3. The topological polar surface area (TPSA) is 96.9 Å². The van der Waals surface area contributed by atoms with E-state index in [9.17, 15) is 9.59 Å². The van der Waals surface area contributed by atoms with Crippen molar-refractivity contribution in [1.82, 2.24) is 10.8 Å². The van der Waals surface area contributed by atoms with Crippen molar-refractivity contribution in [1.29, 1.82) is 0 Å². The number of nitrogens with one attached hydrogen (secondary N) is 2. The second kappa shape index (κ2) is 11.4. The molecule has 0 aliphatic carbocycles. The van der Waals surface area contributed by atoms with Gasteiger partial charge >= 0.3 is 0 Å². The Labute approximate surface area is 187 Å². The van der Waals surface area contributed by atoms with Crippen molar-refractivity contribution < 1.29 is 24.3 Å². The molecule has 2 amide bonds. The summed E-state index contributed by atoms with van der Waals surface area (Å²) >= 11 is 0. The van der Waals surface area contributed by atoms with Crippen LogP contribution in [0.3, 0.4) is 0 Å². The molecule has 2 unspecified atom stereocenters. The summed E-state index contributed by atoms with van der Waals surface area (Å²) in [6, 6.07) is 21.4. The number of carbonyl (C=O) groups excluding carboxylic acids is 2. The Kier molecular flexibility index (Phi) is 8.33. The minimum atomic E-state index is -0.518. The van der Waals surface area contributed by atoms with Gasteiger partial charge in [-0.25, -0.2) is 5.48 Å². The Morgan fingerprint density at radius 1 is 0.969 bits per heavy atom. The molecule has 0 radical (unpaired) electrons. The third-order valence-corrected chi connectivity index (χ3v) is 5.28. The van der Waals surface area contributed by atoms with Gasteiger partial charge in [-0.15, -0.1) is 0 Å². The maximum Gasteiger partial charge on any atom is 0.251 e. The first kappa shape index (κ1) is 23.4. The van der Waals surface area contributed by atoms with E-state index in [1.54, 1.807) is 24.5 Å². The summed E-state index contributed by atoms with van der Waals surface area (Å²) in [4.78, 5) is 24.4. The normalized spacial score (nSPS) is 12.8. The summed E-state index contributed by atoms with van der Waals surface area (Å²) in [5.41, 5.74) is 4.23. The van der Waals surface area contributed by atoms with E-state index in [2.05, 4.69) is 35.6 Å². The van der Waals surface area contributed by atoms with Crippen LogP contribution in [0.25, 0.3) is 21.9 Å². The van der Waals surface area contributed by atoms with Crippen molar-refractivity contribution >= 4 is 22.6 Å². The first-order valence-corrected chi connectivity index (χ1v) is 10.4. The Balaban J connectivity index is 1.69. The third-order valence-electron chi connectivity index (χ3n) is 5.28. The third kappa shape index (κ3) is 6.13. The van der Waals surface area contributed by atoms with E-state index in [0.717, 1.165) is 16.5 Å². The van der Waals surface area contributed by atoms with Gasteiger partial charge in [-0.05, 0) is 46.5 Å². The summed E-state index contributed by atoms with van der Waals surface area (Å²) in [6.07, 6.45) is 0.303. The predicted molar refractivity (Wildman–Crippen MR) is 122 cm³/mol. The quantitative estimate of drug-likeness (QED) is 0.195. The molecular weight excluding hydrogens is 408 g/mol. The summed E-state index contributed by atoms with van der Waals surface area (Å²) < 4.78 is 10.3. The van der Waals surface area contributed by atoms with Gasteiger partial charge < -0.3 is 14.8 Å². The van der Waals surface area contributed by atoms with E-state index >= 15 is 0 Å². The SMILES string of the molecule is COCOCC(CC(C)C(=O)NO)NC(=O)c1ccc(-c2ccc3ccccc3c2)cc1. The lowest BCUT2D eigenvalue weighted by Gasteiger charge is -2.21. The summed E-state index contributed by atoms with van der Waals surface area (Å²) in [5, 5.41) is 14.1. The molecule has 0 fully saturated rings. The molecule has 0 aromatic heterocycles. The van der Waals surface area contributed by atoms with Crippen LogP contribution in [0.15, 0.2) is 66.7 Å². The fourth-order valence-corrected chi connectivity index (χ4v) is 3.54. The lowest BCUT2D eigenvalue weighted by molar-refractivity contribution is -0.133. The average Bonchev–Trinajstić information content (AvgIpc) is 2.83. The Morgan fingerprint density at radius 2 is 1.66 bits per heavy atom. The first-order valence-electron chi connectivity index (χ1n) is 10.4. The molecule has 3 N–H and O–H groups in total. The largest absolute Gasteiger partial charge is 0.359 e. The van der Waals surface area contributed by atoms with Gasteiger partial charge in [-0.2, -0.15) is 0 Å². The molecule has 0 heterocycles. The van der Waals surface area contributed by atoms with Gasteiger partial charge in [0.15, 0.2) is 0 Å². The summed E-state index contributed by atoms with van der Waals surface area (Å²) in [5.74, 6) is -1.29. The molecular formula is C25H28N2O5. The number of carbonyl (C=O) groups is 2. The highest BCUT2D eigenvalue weighted by Crippen LogP contribution is 2.24. The van der Waals surface area contributed by atoms with Crippen molar-refractivity contribution in [2.45, 2.75) is 19.4 Å². The monoisotopic (exact) mass is 436 g/mol. The summed E-state index contributed by atoms with van der Waals surface area (Å²) in [7, 11) is 1.51.